The van der Waals surface area contributed by atoms with Crippen molar-refractivity contribution >= 4 is 11.7 Å². The summed E-state index contributed by atoms with van der Waals surface area (Å²) >= 11 is 0. The molecule has 0 heterocycles. The first kappa shape index (κ1) is 12.4. The van der Waals surface area contributed by atoms with Gasteiger partial charge in [0.25, 0.3) is 0 Å². The van der Waals surface area contributed by atoms with E-state index in [0.29, 0.717) is 11.4 Å². The standard InChI is InChI=1S/C12H18N2O2/c1-4-9(2)13-12(15)14-10-7-5-6-8-11(10)16-3/h5-9H,4H2,1-3H3,(H2,13,14,15)/t9-/m0/s1. The van der Waals surface area contributed by atoms with Crippen LogP contribution >= 0.6 is 0 Å². The van der Waals surface area contributed by atoms with Gasteiger partial charge in [0.2, 0.25) is 0 Å². The molecule has 4 nitrogen and oxygen atoms in total. The number of methoxy groups -OCH3 is 1. The van der Waals surface area contributed by atoms with Crippen molar-refractivity contribution in [1.29, 1.82) is 0 Å². The van der Waals surface area contributed by atoms with Gasteiger partial charge in [-0.25, -0.2) is 4.79 Å². The van der Waals surface area contributed by atoms with Gasteiger partial charge >= 0.3 is 6.03 Å². The monoisotopic (exact) mass is 222 g/mol. The van der Waals surface area contributed by atoms with E-state index >= 15 is 0 Å². The van der Waals surface area contributed by atoms with Crippen LogP contribution in [-0.4, -0.2) is 19.2 Å². The summed E-state index contributed by atoms with van der Waals surface area (Å²) in [4.78, 5) is 11.6. The van der Waals surface area contributed by atoms with Crippen molar-refractivity contribution < 1.29 is 9.53 Å². The third-order valence-corrected chi connectivity index (χ3v) is 2.35. The van der Waals surface area contributed by atoms with E-state index in [1.54, 1.807) is 19.2 Å². The molecule has 0 aromatic heterocycles. The minimum Gasteiger partial charge on any atom is -0.495 e. The van der Waals surface area contributed by atoms with E-state index in [-0.39, 0.29) is 12.1 Å². The van der Waals surface area contributed by atoms with Gasteiger partial charge in [-0.15, -0.1) is 0 Å². The molecule has 0 unspecified atom stereocenters. The Morgan fingerprint density at radius 1 is 1.44 bits per heavy atom. The van der Waals surface area contributed by atoms with E-state index in [9.17, 15) is 4.79 Å². The predicted octanol–water partition coefficient (Wildman–Crippen LogP) is 2.62. The third kappa shape index (κ3) is 3.46. The molecule has 1 aromatic rings. The summed E-state index contributed by atoms with van der Waals surface area (Å²) in [6, 6.07) is 7.26. The van der Waals surface area contributed by atoms with E-state index in [4.69, 9.17) is 4.74 Å². The molecule has 0 aliphatic carbocycles. The fraction of sp³-hybridized carbons (Fsp3) is 0.417. The lowest BCUT2D eigenvalue weighted by Gasteiger charge is -2.14. The van der Waals surface area contributed by atoms with Gasteiger partial charge in [0.15, 0.2) is 0 Å². The lowest BCUT2D eigenvalue weighted by atomic mass is 10.2. The van der Waals surface area contributed by atoms with Gasteiger partial charge in [0.05, 0.1) is 12.8 Å². The summed E-state index contributed by atoms with van der Waals surface area (Å²) in [5.74, 6) is 0.654. The van der Waals surface area contributed by atoms with Crippen molar-refractivity contribution in [3.8, 4) is 5.75 Å². The zero-order valence-electron chi connectivity index (χ0n) is 9.91. The highest BCUT2D eigenvalue weighted by Crippen LogP contribution is 2.22. The highest BCUT2D eigenvalue weighted by Gasteiger charge is 2.08. The molecule has 0 radical (unpaired) electrons. The number of ether oxygens (including phenoxy) is 1. The molecule has 2 amide bonds. The Morgan fingerprint density at radius 2 is 2.12 bits per heavy atom. The quantitative estimate of drug-likeness (QED) is 0.822. The second-order valence-electron chi connectivity index (χ2n) is 3.61. The molecule has 1 rings (SSSR count). The fourth-order valence-corrected chi connectivity index (χ4v) is 1.23. The molecule has 1 aromatic carbocycles. The van der Waals surface area contributed by atoms with Crippen LogP contribution in [0.2, 0.25) is 0 Å². The Kier molecular flexibility index (Phi) is 4.64. The van der Waals surface area contributed by atoms with Crippen molar-refractivity contribution in [3.05, 3.63) is 24.3 Å². The lowest BCUT2D eigenvalue weighted by molar-refractivity contribution is 0.249. The van der Waals surface area contributed by atoms with Crippen molar-refractivity contribution in [2.75, 3.05) is 12.4 Å². The number of rotatable bonds is 4. The number of carbonyl (C=O) groups is 1. The van der Waals surface area contributed by atoms with Crippen molar-refractivity contribution in [3.63, 3.8) is 0 Å². The molecule has 0 aliphatic rings. The molecular formula is C12H18N2O2. The Balaban J connectivity index is 2.62. The van der Waals surface area contributed by atoms with Crippen LogP contribution in [0, 0.1) is 0 Å². The Labute approximate surface area is 96.0 Å². The van der Waals surface area contributed by atoms with Gasteiger partial charge in [-0.2, -0.15) is 0 Å². The molecule has 0 fully saturated rings. The van der Waals surface area contributed by atoms with Gasteiger partial charge in [-0.3, -0.25) is 0 Å². The number of hydrogen-bond donors (Lipinski definition) is 2. The number of anilines is 1. The highest BCUT2D eigenvalue weighted by atomic mass is 16.5. The first-order valence-electron chi connectivity index (χ1n) is 5.38. The van der Waals surface area contributed by atoms with Crippen LogP contribution < -0.4 is 15.4 Å². The maximum atomic E-state index is 11.6. The first-order valence-corrected chi connectivity index (χ1v) is 5.38. The smallest absolute Gasteiger partial charge is 0.319 e. The summed E-state index contributed by atoms with van der Waals surface area (Å²) in [5.41, 5.74) is 0.672. The second-order valence-corrected chi connectivity index (χ2v) is 3.61. The topological polar surface area (TPSA) is 50.4 Å². The maximum Gasteiger partial charge on any atom is 0.319 e. The van der Waals surface area contributed by atoms with E-state index in [1.807, 2.05) is 26.0 Å². The molecule has 16 heavy (non-hydrogen) atoms. The van der Waals surface area contributed by atoms with Crippen LogP contribution in [0.15, 0.2) is 24.3 Å². The van der Waals surface area contributed by atoms with Gasteiger partial charge in [-0.1, -0.05) is 19.1 Å². The zero-order valence-corrected chi connectivity index (χ0v) is 9.91. The van der Waals surface area contributed by atoms with E-state index < -0.39 is 0 Å². The molecule has 0 saturated heterocycles. The number of benzene rings is 1. The van der Waals surface area contributed by atoms with Gasteiger partial charge in [-0.05, 0) is 25.5 Å². The van der Waals surface area contributed by atoms with Crippen molar-refractivity contribution in [1.82, 2.24) is 5.32 Å². The van der Waals surface area contributed by atoms with E-state index in [0.717, 1.165) is 6.42 Å². The number of amides is 2. The zero-order chi connectivity index (χ0) is 12.0. The van der Waals surface area contributed by atoms with Crippen LogP contribution in [0.4, 0.5) is 10.5 Å². The molecule has 2 N–H and O–H groups in total. The molecule has 0 spiro atoms. The average molecular weight is 222 g/mol. The average Bonchev–Trinajstić information content (AvgIpc) is 2.29. The maximum absolute atomic E-state index is 11.6. The number of nitrogens with one attached hydrogen (secondary N) is 2. The van der Waals surface area contributed by atoms with Crippen LogP contribution in [0.5, 0.6) is 5.75 Å². The molecular weight excluding hydrogens is 204 g/mol. The molecule has 88 valence electrons. The number of carbonyl (C=O) groups excluding carboxylic acids is 1. The highest BCUT2D eigenvalue weighted by molar-refractivity contribution is 5.91. The minimum atomic E-state index is -0.209. The fourth-order valence-electron chi connectivity index (χ4n) is 1.23. The normalized spacial score (nSPS) is 11.7. The Bertz CT molecular complexity index is 353. The summed E-state index contributed by atoms with van der Waals surface area (Å²) in [6.07, 6.45) is 0.902. The van der Waals surface area contributed by atoms with Crippen LogP contribution in [0.25, 0.3) is 0 Å². The SMILES string of the molecule is CC[C@H](C)NC(=O)Nc1ccccc1OC. The van der Waals surface area contributed by atoms with Gasteiger partial charge < -0.3 is 15.4 Å². The summed E-state index contributed by atoms with van der Waals surface area (Å²) in [7, 11) is 1.58. The molecule has 0 bridgehead atoms. The van der Waals surface area contributed by atoms with Crippen LogP contribution in [0.3, 0.4) is 0 Å². The summed E-state index contributed by atoms with van der Waals surface area (Å²) < 4.78 is 5.14. The summed E-state index contributed by atoms with van der Waals surface area (Å²) in [5, 5.41) is 5.58. The van der Waals surface area contributed by atoms with Crippen molar-refractivity contribution in [2.45, 2.75) is 26.3 Å². The number of hydrogen-bond acceptors (Lipinski definition) is 2. The summed E-state index contributed by atoms with van der Waals surface area (Å²) in [6.45, 7) is 3.98. The Morgan fingerprint density at radius 3 is 2.75 bits per heavy atom. The Hall–Kier alpha value is -1.71. The van der Waals surface area contributed by atoms with Crippen molar-refractivity contribution in [2.24, 2.45) is 0 Å². The molecule has 4 heteroatoms. The predicted molar refractivity (Wildman–Crippen MR) is 64.9 cm³/mol. The lowest BCUT2D eigenvalue weighted by Crippen LogP contribution is -2.35. The molecule has 0 aliphatic heterocycles. The van der Waals surface area contributed by atoms with Gasteiger partial charge in [0, 0.05) is 6.04 Å². The van der Waals surface area contributed by atoms with Crippen LogP contribution in [-0.2, 0) is 0 Å². The molecule has 0 saturated carbocycles. The molecule has 1 atom stereocenters. The minimum absolute atomic E-state index is 0.162. The third-order valence-electron chi connectivity index (χ3n) is 2.35. The number of urea groups is 1. The van der Waals surface area contributed by atoms with Gasteiger partial charge in [0.1, 0.15) is 5.75 Å². The number of para-hydroxylation sites is 2. The van der Waals surface area contributed by atoms with E-state index in [2.05, 4.69) is 10.6 Å². The second kappa shape index (κ2) is 6.00. The first-order chi connectivity index (χ1) is 7.67. The van der Waals surface area contributed by atoms with Crippen LogP contribution in [0.1, 0.15) is 20.3 Å². The largest absolute Gasteiger partial charge is 0.495 e. The van der Waals surface area contributed by atoms with E-state index in [1.165, 1.54) is 0 Å².